The van der Waals surface area contributed by atoms with E-state index in [2.05, 4.69) is 17.3 Å². The minimum Gasteiger partial charge on any atom is -0.348 e. The van der Waals surface area contributed by atoms with Crippen molar-refractivity contribution < 1.29 is 4.79 Å². The van der Waals surface area contributed by atoms with Crippen LogP contribution in [0.15, 0.2) is 29.1 Å². The molecule has 0 unspecified atom stereocenters. The Morgan fingerprint density at radius 3 is 2.62 bits per heavy atom. The summed E-state index contributed by atoms with van der Waals surface area (Å²) in [6.07, 6.45) is 7.40. The van der Waals surface area contributed by atoms with Gasteiger partial charge in [-0.25, -0.2) is 4.68 Å². The zero-order valence-corrected chi connectivity index (χ0v) is 14.3. The molecule has 0 saturated heterocycles. The number of amides is 1. The van der Waals surface area contributed by atoms with E-state index >= 15 is 0 Å². The van der Waals surface area contributed by atoms with E-state index in [0.29, 0.717) is 23.0 Å². The van der Waals surface area contributed by atoms with E-state index in [1.165, 1.54) is 4.68 Å². The van der Waals surface area contributed by atoms with Crippen molar-refractivity contribution in [1.29, 1.82) is 0 Å². The summed E-state index contributed by atoms with van der Waals surface area (Å²) in [6, 6.07) is 7.50. The van der Waals surface area contributed by atoms with Crippen LogP contribution in [0.3, 0.4) is 0 Å². The molecule has 3 rings (SSSR count). The Labute approximate surface area is 142 Å². The number of fused-ring (bicyclic) bond motifs is 1. The predicted molar refractivity (Wildman–Crippen MR) is 95.3 cm³/mol. The first-order valence-electron chi connectivity index (χ1n) is 9.01. The fourth-order valence-electron chi connectivity index (χ4n) is 3.39. The van der Waals surface area contributed by atoms with Gasteiger partial charge in [-0.15, -0.1) is 0 Å². The quantitative estimate of drug-likeness (QED) is 0.828. The Kier molecular flexibility index (Phi) is 5.28. The van der Waals surface area contributed by atoms with Gasteiger partial charge in [0.1, 0.15) is 0 Å². The molecular weight excluding hydrogens is 302 g/mol. The molecule has 0 bridgehead atoms. The van der Waals surface area contributed by atoms with E-state index in [-0.39, 0.29) is 17.5 Å². The zero-order valence-electron chi connectivity index (χ0n) is 14.3. The van der Waals surface area contributed by atoms with Crippen LogP contribution in [0, 0.1) is 0 Å². The number of unbranched alkanes of at least 4 members (excludes halogenated alkanes) is 2. The molecule has 1 aromatic carbocycles. The molecule has 2 aromatic rings. The molecule has 5 heteroatoms. The van der Waals surface area contributed by atoms with Crippen LogP contribution in [-0.4, -0.2) is 21.7 Å². The fraction of sp³-hybridized carbons (Fsp3) is 0.526. The van der Waals surface area contributed by atoms with E-state index in [1.54, 1.807) is 6.07 Å². The van der Waals surface area contributed by atoms with Gasteiger partial charge in [-0.1, -0.05) is 50.8 Å². The van der Waals surface area contributed by atoms with E-state index in [4.69, 9.17) is 0 Å². The lowest BCUT2D eigenvalue weighted by molar-refractivity contribution is 0.0932. The summed E-state index contributed by atoms with van der Waals surface area (Å²) in [5.41, 5.74) is 0.257. The van der Waals surface area contributed by atoms with E-state index in [0.717, 1.165) is 44.9 Å². The summed E-state index contributed by atoms with van der Waals surface area (Å²) < 4.78 is 1.46. The molecule has 1 amide bonds. The summed E-state index contributed by atoms with van der Waals surface area (Å²) in [6.45, 7) is 2.68. The van der Waals surface area contributed by atoms with Crippen molar-refractivity contribution in [3.63, 3.8) is 0 Å². The molecule has 1 heterocycles. The molecule has 1 fully saturated rings. The van der Waals surface area contributed by atoms with Gasteiger partial charge in [0.05, 0.1) is 5.39 Å². The fourth-order valence-corrected chi connectivity index (χ4v) is 3.39. The van der Waals surface area contributed by atoms with Crippen molar-refractivity contribution in [3.05, 3.63) is 40.3 Å². The van der Waals surface area contributed by atoms with Gasteiger partial charge in [0, 0.05) is 18.0 Å². The van der Waals surface area contributed by atoms with Crippen molar-refractivity contribution >= 4 is 16.7 Å². The molecule has 0 atom stereocenters. The topological polar surface area (TPSA) is 64.0 Å². The number of hydrogen-bond acceptors (Lipinski definition) is 3. The van der Waals surface area contributed by atoms with Gasteiger partial charge in [0.15, 0.2) is 5.69 Å². The predicted octanol–water partition coefficient (Wildman–Crippen LogP) is 3.26. The molecule has 1 aromatic heterocycles. The molecule has 1 saturated carbocycles. The maximum absolute atomic E-state index is 12.7. The highest BCUT2D eigenvalue weighted by atomic mass is 16.2. The average molecular weight is 327 g/mol. The first-order valence-corrected chi connectivity index (χ1v) is 9.01. The highest BCUT2D eigenvalue weighted by molar-refractivity contribution is 6.04. The van der Waals surface area contributed by atoms with Gasteiger partial charge in [0.2, 0.25) is 0 Å². The van der Waals surface area contributed by atoms with Crippen LogP contribution in [0.5, 0.6) is 0 Å². The van der Waals surface area contributed by atoms with Crippen molar-refractivity contribution in [2.45, 2.75) is 64.5 Å². The van der Waals surface area contributed by atoms with E-state index < -0.39 is 0 Å². The Bertz CT molecular complexity index is 776. The van der Waals surface area contributed by atoms with Gasteiger partial charge >= 0.3 is 0 Å². The summed E-state index contributed by atoms with van der Waals surface area (Å²) in [5, 5.41) is 8.70. The summed E-state index contributed by atoms with van der Waals surface area (Å²) in [5.74, 6) is -0.164. The third-order valence-corrected chi connectivity index (χ3v) is 4.75. The Hall–Kier alpha value is -2.17. The second kappa shape index (κ2) is 7.60. The van der Waals surface area contributed by atoms with Gasteiger partial charge in [-0.2, -0.15) is 5.10 Å². The largest absolute Gasteiger partial charge is 0.348 e. The van der Waals surface area contributed by atoms with Gasteiger partial charge in [-0.3, -0.25) is 9.59 Å². The molecule has 1 aliphatic rings. The minimum atomic E-state index is -0.164. The number of aryl methyl sites for hydroxylation is 1. The smallest absolute Gasteiger partial charge is 0.274 e. The van der Waals surface area contributed by atoms with Crippen LogP contribution in [0.25, 0.3) is 10.8 Å². The Morgan fingerprint density at radius 2 is 1.92 bits per heavy atom. The highest BCUT2D eigenvalue weighted by Gasteiger charge is 2.21. The van der Waals surface area contributed by atoms with Crippen LogP contribution in [0.4, 0.5) is 0 Å². The number of aromatic nitrogens is 2. The number of benzene rings is 1. The molecule has 0 radical (unpaired) electrons. The van der Waals surface area contributed by atoms with Crippen LogP contribution in [0.2, 0.25) is 0 Å². The molecule has 128 valence electrons. The maximum Gasteiger partial charge on any atom is 0.274 e. The lowest BCUT2D eigenvalue weighted by Crippen LogP contribution is -2.35. The van der Waals surface area contributed by atoms with Crippen molar-refractivity contribution in [2.75, 3.05) is 0 Å². The summed E-state index contributed by atoms with van der Waals surface area (Å²) in [7, 11) is 0. The van der Waals surface area contributed by atoms with Gasteiger partial charge in [0.25, 0.3) is 11.5 Å². The highest BCUT2D eigenvalue weighted by Crippen LogP contribution is 2.19. The van der Waals surface area contributed by atoms with Crippen LogP contribution in [0.1, 0.15) is 62.4 Å². The first-order chi connectivity index (χ1) is 11.7. The maximum atomic E-state index is 12.7. The molecular formula is C19H25N3O2. The normalized spacial score (nSPS) is 15.0. The van der Waals surface area contributed by atoms with E-state index in [9.17, 15) is 9.59 Å². The molecule has 1 aliphatic carbocycles. The lowest BCUT2D eigenvalue weighted by atomic mass is 10.1. The summed E-state index contributed by atoms with van der Waals surface area (Å²) in [4.78, 5) is 25.3. The number of hydrogen-bond donors (Lipinski definition) is 1. The molecule has 24 heavy (non-hydrogen) atoms. The van der Waals surface area contributed by atoms with Crippen LogP contribution < -0.4 is 10.9 Å². The van der Waals surface area contributed by atoms with Crippen molar-refractivity contribution in [3.8, 4) is 0 Å². The summed E-state index contributed by atoms with van der Waals surface area (Å²) >= 11 is 0. The first kappa shape index (κ1) is 16.7. The molecule has 5 nitrogen and oxygen atoms in total. The van der Waals surface area contributed by atoms with Crippen LogP contribution >= 0.6 is 0 Å². The monoisotopic (exact) mass is 327 g/mol. The SMILES string of the molecule is CCCCCn1nc(C(=O)NC2CCCC2)c2ccccc2c1=O. The molecule has 0 spiro atoms. The molecule has 0 aliphatic heterocycles. The van der Waals surface area contributed by atoms with Crippen molar-refractivity contribution in [2.24, 2.45) is 0 Å². The third-order valence-electron chi connectivity index (χ3n) is 4.75. The van der Waals surface area contributed by atoms with Gasteiger partial charge in [-0.05, 0) is 25.3 Å². The number of nitrogens with zero attached hydrogens (tertiary/aromatic N) is 2. The van der Waals surface area contributed by atoms with Gasteiger partial charge < -0.3 is 5.32 Å². The Balaban J connectivity index is 1.96. The molecule has 1 N–H and O–H groups in total. The second-order valence-corrected chi connectivity index (χ2v) is 6.58. The number of nitrogens with one attached hydrogen (secondary N) is 1. The number of rotatable bonds is 6. The zero-order chi connectivity index (χ0) is 16.9. The number of carbonyl (C=O) groups is 1. The standard InChI is InChI=1S/C19H25N3O2/c1-2-3-8-13-22-19(24)16-12-7-6-11-15(16)17(21-22)18(23)20-14-9-4-5-10-14/h6-7,11-12,14H,2-5,8-10,13H2,1H3,(H,20,23). The number of carbonyl (C=O) groups excluding carboxylic acids is 1. The Morgan fingerprint density at radius 1 is 1.21 bits per heavy atom. The third kappa shape index (κ3) is 3.50. The average Bonchev–Trinajstić information content (AvgIpc) is 3.10. The minimum absolute atomic E-state index is 0.112. The lowest BCUT2D eigenvalue weighted by Gasteiger charge is -2.14. The van der Waals surface area contributed by atoms with Crippen LogP contribution in [-0.2, 0) is 6.54 Å². The second-order valence-electron chi connectivity index (χ2n) is 6.58. The van der Waals surface area contributed by atoms with Crippen molar-refractivity contribution in [1.82, 2.24) is 15.1 Å². The van der Waals surface area contributed by atoms with E-state index in [1.807, 2.05) is 18.2 Å².